The van der Waals surface area contributed by atoms with Crippen LogP contribution in [0.15, 0.2) is 149 Å². The molecule has 0 unspecified atom stereocenters. The summed E-state index contributed by atoms with van der Waals surface area (Å²) in [5, 5.41) is 0. The molecule has 7 rings (SSSR count). The molecule has 0 saturated heterocycles. The first kappa shape index (κ1) is 52.4. The zero-order valence-electron chi connectivity index (χ0n) is 43.6. The second-order valence-corrected chi connectivity index (χ2v) is 18.7. The van der Waals surface area contributed by atoms with Crippen LogP contribution in [0.3, 0.4) is 0 Å². The highest BCUT2D eigenvalue weighted by Gasteiger charge is 2.25. The first-order chi connectivity index (χ1) is 35.1. The molecule has 0 N–H and O–H groups in total. The second kappa shape index (κ2) is 24.6. The van der Waals surface area contributed by atoms with Crippen LogP contribution in [-0.2, 0) is 77.0 Å². The van der Waals surface area contributed by atoms with Crippen molar-refractivity contribution in [2.45, 2.75) is 77.0 Å². The van der Waals surface area contributed by atoms with Crippen molar-refractivity contribution < 1.29 is 28.4 Å². The topological polar surface area (TPSA) is 55.4 Å². The van der Waals surface area contributed by atoms with Crippen molar-refractivity contribution in [1.29, 1.82) is 0 Å². The van der Waals surface area contributed by atoms with E-state index in [2.05, 4.69) is 112 Å². The van der Waals surface area contributed by atoms with Gasteiger partial charge in [0.2, 0.25) is 0 Å². The molecule has 0 fully saturated rings. The van der Waals surface area contributed by atoms with E-state index in [0.29, 0.717) is 77.0 Å². The molecule has 372 valence electrons. The van der Waals surface area contributed by atoms with Crippen LogP contribution in [0.5, 0.6) is 34.5 Å². The average Bonchev–Trinajstić information content (AvgIpc) is 3.34. The van der Waals surface area contributed by atoms with E-state index in [-0.39, 0.29) is 0 Å². The number of hydrogen-bond acceptors (Lipinski definition) is 6. The van der Waals surface area contributed by atoms with Crippen LogP contribution in [0.2, 0.25) is 0 Å². The third-order valence-corrected chi connectivity index (χ3v) is 13.6. The normalized spacial score (nSPS) is 12.1. The molecule has 0 radical (unpaired) electrons. The lowest BCUT2D eigenvalue weighted by molar-refractivity contribution is 0.395. The van der Waals surface area contributed by atoms with Gasteiger partial charge in [-0.15, -0.1) is 39.5 Å². The minimum Gasteiger partial charge on any atom is -0.496 e. The summed E-state index contributed by atoms with van der Waals surface area (Å²) in [5.74, 6) is 4.97. The summed E-state index contributed by atoms with van der Waals surface area (Å²) in [5.41, 5.74) is 19.5. The fourth-order valence-corrected chi connectivity index (χ4v) is 11.0. The Hall–Kier alpha value is -7.44. The molecule has 6 heteroatoms. The van der Waals surface area contributed by atoms with Crippen LogP contribution in [-0.4, -0.2) is 42.7 Å². The molecule has 0 amide bonds. The Bertz CT molecular complexity index is 2340. The van der Waals surface area contributed by atoms with E-state index >= 15 is 0 Å². The van der Waals surface area contributed by atoms with Gasteiger partial charge in [-0.2, -0.15) is 0 Å². The van der Waals surface area contributed by atoms with Crippen LogP contribution in [0.4, 0.5) is 0 Å². The maximum atomic E-state index is 6.46. The van der Waals surface area contributed by atoms with Crippen molar-refractivity contribution in [2.75, 3.05) is 42.7 Å². The molecular weight excluding hydrogens is 889 g/mol. The minimum absolute atomic E-state index is 0.562. The lowest BCUT2D eigenvalue weighted by Crippen LogP contribution is -2.08. The summed E-state index contributed by atoms with van der Waals surface area (Å²) in [6, 6.07) is 27.0. The highest BCUT2D eigenvalue weighted by atomic mass is 16.5. The number of allylic oxidation sites excluding steroid dienone is 6. The highest BCUT2D eigenvalue weighted by molar-refractivity contribution is 5.60. The van der Waals surface area contributed by atoms with E-state index in [1.165, 1.54) is 0 Å². The van der Waals surface area contributed by atoms with Gasteiger partial charge in [0.15, 0.2) is 0 Å². The lowest BCUT2D eigenvalue weighted by atomic mass is 9.87. The molecule has 0 aliphatic heterocycles. The van der Waals surface area contributed by atoms with Gasteiger partial charge < -0.3 is 28.4 Å². The fourth-order valence-electron chi connectivity index (χ4n) is 11.0. The van der Waals surface area contributed by atoms with Crippen molar-refractivity contribution in [2.24, 2.45) is 0 Å². The monoisotopic (exact) mass is 961 g/mol. The SMILES string of the molecule is C=CCc1cc2c(OC)c(c1)Cc1cc(CC=C)cc(c1OC)Cc1cc(CC=C)cc(c1OC)Cc1cc(CC=C)cc(c1OC)Cc1cc(CC=C)cc(c1OC)Cc1cc(CC=C)cc(c1OC)C2. The summed E-state index contributed by atoms with van der Waals surface area (Å²) in [7, 11) is 10.6. The fraction of sp³-hybridized carbons (Fsp3) is 0.273. The van der Waals surface area contributed by atoms with Crippen molar-refractivity contribution in [3.05, 3.63) is 249 Å². The predicted molar refractivity (Wildman–Crippen MR) is 298 cm³/mol. The van der Waals surface area contributed by atoms with Gasteiger partial charge in [-0.1, -0.05) is 109 Å². The Morgan fingerprint density at radius 1 is 0.250 bits per heavy atom. The number of ether oxygens (including phenoxy) is 6. The van der Waals surface area contributed by atoms with Gasteiger partial charge in [-0.3, -0.25) is 0 Å². The van der Waals surface area contributed by atoms with Crippen LogP contribution >= 0.6 is 0 Å². The van der Waals surface area contributed by atoms with E-state index in [9.17, 15) is 0 Å². The summed E-state index contributed by atoms with van der Waals surface area (Å²) < 4.78 is 38.8. The Kier molecular flexibility index (Phi) is 17.9. The van der Waals surface area contributed by atoms with E-state index in [1.807, 2.05) is 36.5 Å². The maximum absolute atomic E-state index is 6.46. The Morgan fingerprint density at radius 3 is 0.444 bits per heavy atom. The standard InChI is InChI=1S/C66H72O6/c1-13-19-43-25-49-37-51-27-44(20-14-2)29-53(62(51)68-8)39-55-31-46(22-16-4)33-57(64(55)70-10)41-59-35-48(24-18-6)36-60(66(59)72-12)42-58-34-47(23-17-5)32-56(65(58)71-11)40-54-30-45(21-15-3)28-52(63(54)69-9)38-50(26-43)61(49)67-7/h13-18,25-36H,1-6,19-24,37-42H2,7-12H3. The predicted octanol–water partition coefficient (Wildman–Crippen LogP) is 14.0. The summed E-state index contributed by atoms with van der Waals surface area (Å²) in [6.07, 6.45) is 19.3. The van der Waals surface area contributed by atoms with Crippen LogP contribution in [0.1, 0.15) is 100 Å². The number of rotatable bonds is 18. The van der Waals surface area contributed by atoms with Gasteiger partial charge in [-0.05, 0) is 139 Å². The first-order valence-corrected chi connectivity index (χ1v) is 24.9. The second-order valence-electron chi connectivity index (χ2n) is 18.7. The van der Waals surface area contributed by atoms with E-state index in [4.69, 9.17) is 28.4 Å². The van der Waals surface area contributed by atoms with Gasteiger partial charge in [0, 0.05) is 38.5 Å². The van der Waals surface area contributed by atoms with Crippen molar-refractivity contribution in [1.82, 2.24) is 0 Å². The quantitative estimate of drug-likeness (QED) is 0.0799. The molecule has 0 saturated carbocycles. The molecular formula is C66H72O6. The summed E-state index contributed by atoms with van der Waals surface area (Å²) in [4.78, 5) is 0. The van der Waals surface area contributed by atoms with E-state index in [0.717, 1.165) is 135 Å². The Labute approximate surface area is 429 Å². The van der Waals surface area contributed by atoms with Gasteiger partial charge >= 0.3 is 0 Å². The molecule has 1 aliphatic carbocycles. The first-order valence-electron chi connectivity index (χ1n) is 24.9. The maximum Gasteiger partial charge on any atom is 0.125 e. The van der Waals surface area contributed by atoms with Crippen molar-refractivity contribution in [3.8, 4) is 34.5 Å². The molecule has 6 aromatic rings. The van der Waals surface area contributed by atoms with Crippen molar-refractivity contribution >= 4 is 0 Å². The Morgan fingerprint density at radius 2 is 0.361 bits per heavy atom. The zero-order chi connectivity index (χ0) is 51.3. The summed E-state index contributed by atoms with van der Waals surface area (Å²) >= 11 is 0. The number of hydrogen-bond donors (Lipinski definition) is 0. The molecule has 72 heavy (non-hydrogen) atoms. The smallest absolute Gasteiger partial charge is 0.125 e. The third kappa shape index (κ3) is 11.7. The third-order valence-electron chi connectivity index (χ3n) is 13.6. The van der Waals surface area contributed by atoms with E-state index in [1.54, 1.807) is 42.7 Å². The van der Waals surface area contributed by atoms with Crippen LogP contribution in [0, 0.1) is 0 Å². The molecule has 12 bridgehead atoms. The average molecular weight is 961 g/mol. The molecule has 0 aromatic heterocycles. The highest BCUT2D eigenvalue weighted by Crippen LogP contribution is 2.42. The van der Waals surface area contributed by atoms with Gasteiger partial charge in [0.25, 0.3) is 0 Å². The van der Waals surface area contributed by atoms with Crippen LogP contribution < -0.4 is 28.4 Å². The number of fused-ring (bicyclic) bond motifs is 12. The summed E-state index contributed by atoms with van der Waals surface area (Å²) in [6.45, 7) is 24.8. The largest absolute Gasteiger partial charge is 0.496 e. The van der Waals surface area contributed by atoms with Gasteiger partial charge in [0.05, 0.1) is 42.7 Å². The van der Waals surface area contributed by atoms with Gasteiger partial charge in [0.1, 0.15) is 34.5 Å². The van der Waals surface area contributed by atoms with Crippen LogP contribution in [0.25, 0.3) is 0 Å². The molecule has 1 aliphatic rings. The number of benzene rings is 6. The molecule has 6 nitrogen and oxygen atoms in total. The lowest BCUT2D eigenvalue weighted by Gasteiger charge is -2.23. The minimum atomic E-state index is 0.562. The number of methoxy groups -OCH3 is 6. The molecule has 6 aromatic carbocycles. The van der Waals surface area contributed by atoms with E-state index < -0.39 is 0 Å². The zero-order valence-corrected chi connectivity index (χ0v) is 43.6. The van der Waals surface area contributed by atoms with Gasteiger partial charge in [-0.25, -0.2) is 0 Å². The molecule has 0 spiro atoms. The Balaban J connectivity index is 1.58. The molecule has 0 atom stereocenters. The van der Waals surface area contributed by atoms with Crippen molar-refractivity contribution in [3.63, 3.8) is 0 Å². The molecule has 0 heterocycles.